The molecule has 2 nitrogen and oxygen atoms in total. The van der Waals surface area contributed by atoms with Gasteiger partial charge in [0.05, 0.1) is 5.70 Å². The lowest BCUT2D eigenvalue weighted by Gasteiger charge is -2.21. The molecule has 0 unspecified atom stereocenters. The monoisotopic (exact) mass is 192 g/mol. The predicted octanol–water partition coefficient (Wildman–Crippen LogP) is 3.45. The molecule has 0 atom stereocenters. The van der Waals surface area contributed by atoms with Gasteiger partial charge < -0.3 is 0 Å². The molecule has 0 amide bonds. The van der Waals surface area contributed by atoms with Crippen molar-refractivity contribution >= 4 is 11.9 Å². The molecule has 2 heteroatoms. The molecule has 0 aromatic rings. The second kappa shape index (κ2) is 3.34. The normalized spacial score (nSPS) is 21.3. The molecule has 78 valence electrons. The molecular weight excluding hydrogens is 172 g/mol. The molecule has 14 heavy (non-hydrogen) atoms. The van der Waals surface area contributed by atoms with Crippen molar-refractivity contribution in [2.45, 2.75) is 41.5 Å². The summed E-state index contributed by atoms with van der Waals surface area (Å²) in [7, 11) is 0. The predicted molar refractivity (Wildman–Crippen MR) is 62.9 cm³/mol. The minimum atomic E-state index is -0.0243. The summed E-state index contributed by atoms with van der Waals surface area (Å²) in [6.07, 6.45) is 3.84. The van der Waals surface area contributed by atoms with Crippen LogP contribution in [-0.2, 0) is 0 Å². The van der Waals surface area contributed by atoms with Crippen molar-refractivity contribution in [3.05, 3.63) is 11.9 Å². The third kappa shape index (κ3) is 2.31. The third-order valence-electron chi connectivity index (χ3n) is 2.58. The van der Waals surface area contributed by atoms with E-state index in [4.69, 9.17) is 0 Å². The lowest BCUT2D eigenvalue weighted by Crippen LogP contribution is -2.23. The van der Waals surface area contributed by atoms with Gasteiger partial charge in [0.15, 0.2) is 0 Å². The van der Waals surface area contributed by atoms with Crippen molar-refractivity contribution in [2.24, 2.45) is 20.8 Å². The summed E-state index contributed by atoms with van der Waals surface area (Å²) >= 11 is 0. The van der Waals surface area contributed by atoms with Gasteiger partial charge in [0.2, 0.25) is 0 Å². The number of allylic oxidation sites excluding steroid dienone is 1. The highest BCUT2D eigenvalue weighted by Gasteiger charge is 2.24. The quantitative estimate of drug-likeness (QED) is 0.561. The van der Waals surface area contributed by atoms with Crippen LogP contribution in [0.2, 0.25) is 0 Å². The van der Waals surface area contributed by atoms with Gasteiger partial charge in [-0.2, -0.15) is 0 Å². The lowest BCUT2D eigenvalue weighted by molar-refractivity contribution is 0.496. The van der Waals surface area contributed by atoms with Crippen LogP contribution in [0.5, 0.6) is 0 Å². The van der Waals surface area contributed by atoms with E-state index in [2.05, 4.69) is 51.5 Å². The van der Waals surface area contributed by atoms with Crippen LogP contribution < -0.4 is 0 Å². The molecule has 1 rings (SSSR count). The van der Waals surface area contributed by atoms with E-state index in [1.165, 1.54) is 0 Å². The van der Waals surface area contributed by atoms with Crippen LogP contribution in [0.1, 0.15) is 41.5 Å². The van der Waals surface area contributed by atoms with Gasteiger partial charge in [-0.3, -0.25) is 9.98 Å². The molecule has 0 N–H and O–H groups in total. The van der Waals surface area contributed by atoms with Crippen molar-refractivity contribution in [1.82, 2.24) is 0 Å². The van der Waals surface area contributed by atoms with Gasteiger partial charge in [0.25, 0.3) is 0 Å². The molecule has 0 saturated heterocycles. The van der Waals surface area contributed by atoms with E-state index in [0.717, 1.165) is 11.4 Å². The summed E-state index contributed by atoms with van der Waals surface area (Å²) in [4.78, 5) is 8.97. The summed E-state index contributed by atoms with van der Waals surface area (Å²) in [6.45, 7) is 12.8. The van der Waals surface area contributed by atoms with Gasteiger partial charge >= 0.3 is 0 Å². The van der Waals surface area contributed by atoms with Gasteiger partial charge in [-0.1, -0.05) is 20.8 Å². The van der Waals surface area contributed by atoms with E-state index in [1.807, 2.05) is 12.4 Å². The minimum Gasteiger partial charge on any atom is -0.266 e. The van der Waals surface area contributed by atoms with E-state index >= 15 is 0 Å². The zero-order valence-corrected chi connectivity index (χ0v) is 10.0. The molecule has 1 heterocycles. The Morgan fingerprint density at radius 3 is 2.29 bits per heavy atom. The van der Waals surface area contributed by atoms with E-state index < -0.39 is 0 Å². The molecule has 0 bridgehead atoms. The summed E-state index contributed by atoms with van der Waals surface area (Å²) in [5.41, 5.74) is 2.22. The van der Waals surface area contributed by atoms with Crippen molar-refractivity contribution in [2.75, 3.05) is 0 Å². The Labute approximate surface area is 86.8 Å². The molecule has 0 spiro atoms. The van der Waals surface area contributed by atoms with Gasteiger partial charge in [-0.05, 0) is 20.8 Å². The molecular formula is C12H20N2. The van der Waals surface area contributed by atoms with E-state index in [9.17, 15) is 0 Å². The van der Waals surface area contributed by atoms with Gasteiger partial charge in [0.1, 0.15) is 0 Å². The Morgan fingerprint density at radius 1 is 1.21 bits per heavy atom. The maximum Gasteiger partial charge on any atom is 0.0638 e. The van der Waals surface area contributed by atoms with Crippen LogP contribution in [0.15, 0.2) is 21.9 Å². The fourth-order valence-corrected chi connectivity index (χ4v) is 1.10. The van der Waals surface area contributed by atoms with Crippen molar-refractivity contribution < 1.29 is 0 Å². The second-order valence-corrected chi connectivity index (χ2v) is 5.46. The lowest BCUT2D eigenvalue weighted by atomic mass is 9.89. The molecule has 0 aliphatic carbocycles. The Morgan fingerprint density at radius 2 is 1.79 bits per heavy atom. The first-order valence-corrected chi connectivity index (χ1v) is 5.04. The highest BCUT2D eigenvalue weighted by Crippen LogP contribution is 2.30. The average molecular weight is 192 g/mol. The van der Waals surface area contributed by atoms with Gasteiger partial charge in [-0.15, -0.1) is 0 Å². The Bertz CT molecular complexity index is 312. The first-order valence-electron chi connectivity index (χ1n) is 5.04. The smallest absolute Gasteiger partial charge is 0.0638 e. The van der Waals surface area contributed by atoms with E-state index in [0.29, 0.717) is 0 Å². The Kier molecular flexibility index (Phi) is 2.66. The first kappa shape index (κ1) is 11.2. The molecule has 0 aromatic heterocycles. The zero-order chi connectivity index (χ0) is 11.0. The second-order valence-electron chi connectivity index (χ2n) is 5.46. The Hall–Kier alpha value is -0.920. The molecule has 0 saturated carbocycles. The van der Waals surface area contributed by atoms with Crippen LogP contribution in [-0.4, -0.2) is 11.9 Å². The van der Waals surface area contributed by atoms with Crippen LogP contribution in [0.4, 0.5) is 0 Å². The van der Waals surface area contributed by atoms with Gasteiger partial charge in [0, 0.05) is 29.0 Å². The number of aliphatic imine (C=N–C) groups is 2. The third-order valence-corrected chi connectivity index (χ3v) is 2.58. The van der Waals surface area contributed by atoms with Crippen LogP contribution in [0.3, 0.4) is 0 Å². The molecule has 0 radical (unpaired) electrons. The van der Waals surface area contributed by atoms with Crippen LogP contribution >= 0.6 is 0 Å². The first-order chi connectivity index (χ1) is 6.23. The maximum atomic E-state index is 4.65. The number of nitrogens with zero attached hydrogens (tertiary/aromatic N) is 2. The molecule has 0 aromatic carbocycles. The maximum absolute atomic E-state index is 4.65. The van der Waals surface area contributed by atoms with Crippen LogP contribution in [0.25, 0.3) is 0 Å². The molecule has 0 fully saturated rings. The largest absolute Gasteiger partial charge is 0.266 e. The van der Waals surface area contributed by atoms with E-state index in [1.54, 1.807) is 0 Å². The van der Waals surface area contributed by atoms with Crippen molar-refractivity contribution in [3.8, 4) is 0 Å². The average Bonchev–Trinajstić information content (AvgIpc) is 2.10. The zero-order valence-electron chi connectivity index (χ0n) is 10.0. The van der Waals surface area contributed by atoms with Gasteiger partial charge in [-0.25, -0.2) is 0 Å². The molecule has 1 aliphatic heterocycles. The van der Waals surface area contributed by atoms with Crippen molar-refractivity contribution in [3.63, 3.8) is 0 Å². The standard InChI is InChI=1S/C12H20N2/c1-9-12(5,6)8-13-7-10(14-9)11(2,3)4/h7-8H,1-6H3. The summed E-state index contributed by atoms with van der Waals surface area (Å²) in [5.74, 6) is 0. The fraction of sp³-hybridized carbons (Fsp3) is 0.667. The van der Waals surface area contributed by atoms with Crippen LogP contribution in [0, 0.1) is 10.8 Å². The minimum absolute atomic E-state index is 0.0243. The summed E-state index contributed by atoms with van der Waals surface area (Å²) < 4.78 is 0. The van der Waals surface area contributed by atoms with Crippen molar-refractivity contribution in [1.29, 1.82) is 0 Å². The molecule has 1 aliphatic rings. The highest BCUT2D eigenvalue weighted by molar-refractivity contribution is 6.02. The Balaban J connectivity index is 3.12. The fourth-order valence-electron chi connectivity index (χ4n) is 1.10. The summed E-state index contributed by atoms with van der Waals surface area (Å²) in [6, 6.07) is 0. The topological polar surface area (TPSA) is 24.7 Å². The number of hydrogen-bond acceptors (Lipinski definition) is 2. The highest BCUT2D eigenvalue weighted by atomic mass is 14.9. The number of hydrogen-bond donors (Lipinski definition) is 0. The SMILES string of the molecule is CC1=NC(C(C)(C)C)=CN=CC1(C)C. The summed E-state index contributed by atoms with van der Waals surface area (Å²) in [5, 5.41) is 0. The van der Waals surface area contributed by atoms with E-state index in [-0.39, 0.29) is 10.8 Å². The number of rotatable bonds is 0.